The minimum Gasteiger partial charge on any atom is -0.480 e. The summed E-state index contributed by atoms with van der Waals surface area (Å²) in [7, 11) is 1.08. The monoisotopic (exact) mass is 193 g/mol. The Hall–Kier alpha value is -1.53. The number of methoxy groups -OCH3 is 1. The fourth-order valence-corrected chi connectivity index (χ4v) is 0.729. The average molecular weight is 193 g/mol. The van der Waals surface area contributed by atoms with Crippen LogP contribution in [0.15, 0.2) is 6.20 Å². The molecule has 1 aromatic rings. The Balaban J connectivity index is 3.22. The smallest absolute Gasteiger partial charge is 0.423 e. The van der Waals surface area contributed by atoms with Crippen LogP contribution in [-0.2, 0) is 6.18 Å². The van der Waals surface area contributed by atoms with Crippen molar-refractivity contribution in [2.45, 2.75) is 6.18 Å². The Morgan fingerprint density at radius 1 is 1.46 bits per heavy atom. The topological polar surface area (TPSA) is 61.0 Å². The Kier molecular flexibility index (Phi) is 2.26. The van der Waals surface area contributed by atoms with Gasteiger partial charge in [0.2, 0.25) is 11.8 Å². The third kappa shape index (κ3) is 1.98. The van der Waals surface area contributed by atoms with Gasteiger partial charge in [0.25, 0.3) is 0 Å². The lowest BCUT2D eigenvalue weighted by molar-refractivity contribution is -0.139. The van der Waals surface area contributed by atoms with Crippen LogP contribution in [0.4, 0.5) is 19.1 Å². The maximum absolute atomic E-state index is 12.2. The van der Waals surface area contributed by atoms with Gasteiger partial charge in [0.1, 0.15) is 5.56 Å². The molecule has 0 radical (unpaired) electrons. The summed E-state index contributed by atoms with van der Waals surface area (Å²) in [5.41, 5.74) is 4.04. The Bertz CT molecular complexity index is 312. The van der Waals surface area contributed by atoms with Crippen molar-refractivity contribution in [3.63, 3.8) is 0 Å². The molecule has 0 saturated heterocycles. The average Bonchev–Trinajstić information content (AvgIpc) is 2.01. The van der Waals surface area contributed by atoms with E-state index in [0.717, 1.165) is 7.11 Å². The number of hydrogen-bond acceptors (Lipinski definition) is 4. The van der Waals surface area contributed by atoms with Gasteiger partial charge in [0.15, 0.2) is 0 Å². The molecule has 7 heteroatoms. The molecule has 0 aromatic carbocycles. The first-order valence-electron chi connectivity index (χ1n) is 3.19. The molecule has 2 N–H and O–H groups in total. The van der Waals surface area contributed by atoms with Crippen LogP contribution >= 0.6 is 0 Å². The molecule has 0 fully saturated rings. The van der Waals surface area contributed by atoms with E-state index in [-0.39, 0.29) is 5.95 Å². The number of rotatable bonds is 1. The van der Waals surface area contributed by atoms with Gasteiger partial charge in [-0.1, -0.05) is 0 Å². The van der Waals surface area contributed by atoms with Crippen LogP contribution < -0.4 is 10.5 Å². The van der Waals surface area contributed by atoms with E-state index in [9.17, 15) is 13.2 Å². The van der Waals surface area contributed by atoms with Gasteiger partial charge in [-0.05, 0) is 0 Å². The SMILES string of the molecule is COc1nc(N)ncc1C(F)(F)F. The fourth-order valence-electron chi connectivity index (χ4n) is 0.729. The Morgan fingerprint density at radius 2 is 2.08 bits per heavy atom. The summed E-state index contributed by atoms with van der Waals surface area (Å²) in [6.45, 7) is 0. The molecule has 0 aliphatic carbocycles. The molecule has 72 valence electrons. The van der Waals surface area contributed by atoms with Crippen LogP contribution in [0.5, 0.6) is 5.88 Å². The third-order valence-electron chi connectivity index (χ3n) is 1.27. The molecular formula is C6H6F3N3O. The highest BCUT2D eigenvalue weighted by molar-refractivity contribution is 5.31. The van der Waals surface area contributed by atoms with E-state index in [4.69, 9.17) is 5.73 Å². The minimum absolute atomic E-state index is 0.259. The predicted octanol–water partition coefficient (Wildman–Crippen LogP) is 1.09. The zero-order valence-corrected chi connectivity index (χ0v) is 6.59. The molecule has 0 saturated carbocycles. The van der Waals surface area contributed by atoms with Gasteiger partial charge >= 0.3 is 6.18 Å². The molecule has 0 aliphatic rings. The van der Waals surface area contributed by atoms with Crippen molar-refractivity contribution in [1.82, 2.24) is 9.97 Å². The van der Waals surface area contributed by atoms with Gasteiger partial charge in [-0.3, -0.25) is 0 Å². The third-order valence-corrected chi connectivity index (χ3v) is 1.27. The number of hydrogen-bond donors (Lipinski definition) is 1. The molecule has 1 aromatic heterocycles. The van der Waals surface area contributed by atoms with Gasteiger partial charge in [-0.15, -0.1) is 0 Å². The van der Waals surface area contributed by atoms with Gasteiger partial charge < -0.3 is 10.5 Å². The van der Waals surface area contributed by atoms with Crippen molar-refractivity contribution >= 4 is 5.95 Å². The van der Waals surface area contributed by atoms with E-state index in [1.165, 1.54) is 0 Å². The molecule has 0 atom stereocenters. The highest BCUT2D eigenvalue weighted by Crippen LogP contribution is 2.34. The van der Waals surface area contributed by atoms with E-state index >= 15 is 0 Å². The first-order chi connectivity index (χ1) is 5.95. The standard InChI is InChI=1S/C6H6F3N3O/c1-13-4-3(6(7,8)9)2-11-5(10)12-4/h2H,1H3,(H2,10,11,12). The summed E-state index contributed by atoms with van der Waals surface area (Å²) in [4.78, 5) is 6.50. The first-order valence-corrected chi connectivity index (χ1v) is 3.19. The second-order valence-electron chi connectivity index (χ2n) is 2.15. The molecule has 0 amide bonds. The van der Waals surface area contributed by atoms with Crippen LogP contribution in [0.2, 0.25) is 0 Å². The number of nitrogen functional groups attached to an aromatic ring is 1. The maximum atomic E-state index is 12.2. The number of nitrogens with zero attached hydrogens (tertiary/aromatic N) is 2. The minimum atomic E-state index is -4.53. The van der Waals surface area contributed by atoms with Crippen molar-refractivity contribution < 1.29 is 17.9 Å². The van der Waals surface area contributed by atoms with E-state index in [1.807, 2.05) is 0 Å². The lowest BCUT2D eigenvalue weighted by Crippen LogP contribution is -2.10. The van der Waals surface area contributed by atoms with E-state index in [1.54, 1.807) is 0 Å². The van der Waals surface area contributed by atoms with Crippen LogP contribution in [0.1, 0.15) is 5.56 Å². The van der Waals surface area contributed by atoms with Crippen molar-refractivity contribution in [2.75, 3.05) is 12.8 Å². The van der Waals surface area contributed by atoms with Crippen molar-refractivity contribution in [1.29, 1.82) is 0 Å². The molecule has 13 heavy (non-hydrogen) atoms. The van der Waals surface area contributed by atoms with Gasteiger partial charge in [0, 0.05) is 6.20 Å². The number of ether oxygens (including phenoxy) is 1. The lowest BCUT2D eigenvalue weighted by atomic mass is 10.3. The summed E-state index contributed by atoms with van der Waals surface area (Å²) < 4.78 is 40.9. The van der Waals surface area contributed by atoms with Crippen molar-refractivity contribution in [2.24, 2.45) is 0 Å². The van der Waals surface area contributed by atoms with Crippen LogP contribution in [-0.4, -0.2) is 17.1 Å². The predicted molar refractivity (Wildman–Crippen MR) is 38.0 cm³/mol. The molecule has 1 rings (SSSR count). The number of alkyl halides is 3. The zero-order valence-electron chi connectivity index (χ0n) is 6.59. The summed E-state index contributed by atoms with van der Waals surface area (Å²) in [6.07, 6.45) is -3.94. The largest absolute Gasteiger partial charge is 0.480 e. The quantitative estimate of drug-likeness (QED) is 0.725. The number of aromatic nitrogens is 2. The van der Waals surface area contributed by atoms with Crippen molar-refractivity contribution in [3.05, 3.63) is 11.8 Å². The number of anilines is 1. The van der Waals surface area contributed by atoms with Gasteiger partial charge in [-0.25, -0.2) is 4.98 Å². The summed E-state index contributed by atoms with van der Waals surface area (Å²) in [5.74, 6) is -0.829. The first kappa shape index (κ1) is 9.56. The fraction of sp³-hybridized carbons (Fsp3) is 0.333. The maximum Gasteiger partial charge on any atom is 0.423 e. The molecule has 0 bridgehead atoms. The molecular weight excluding hydrogens is 187 g/mol. The van der Waals surface area contributed by atoms with Gasteiger partial charge in [0.05, 0.1) is 7.11 Å². The zero-order chi connectivity index (χ0) is 10.1. The van der Waals surface area contributed by atoms with E-state index < -0.39 is 17.6 Å². The van der Waals surface area contributed by atoms with Crippen LogP contribution in [0, 0.1) is 0 Å². The second-order valence-corrected chi connectivity index (χ2v) is 2.15. The summed E-state index contributed by atoms with van der Waals surface area (Å²) >= 11 is 0. The molecule has 0 unspecified atom stereocenters. The van der Waals surface area contributed by atoms with Gasteiger partial charge in [-0.2, -0.15) is 18.2 Å². The number of halogens is 3. The highest BCUT2D eigenvalue weighted by atomic mass is 19.4. The van der Waals surface area contributed by atoms with E-state index in [2.05, 4.69) is 14.7 Å². The van der Waals surface area contributed by atoms with Crippen molar-refractivity contribution in [3.8, 4) is 5.88 Å². The Labute approximate surface area is 71.6 Å². The van der Waals surface area contributed by atoms with E-state index in [0.29, 0.717) is 6.20 Å². The van der Waals surface area contributed by atoms with Crippen LogP contribution in [0.3, 0.4) is 0 Å². The number of nitrogens with two attached hydrogens (primary N) is 1. The Morgan fingerprint density at radius 3 is 2.54 bits per heavy atom. The summed E-state index contributed by atoms with van der Waals surface area (Å²) in [5, 5.41) is 0. The molecule has 1 heterocycles. The molecule has 4 nitrogen and oxygen atoms in total. The molecule has 0 aliphatic heterocycles. The second kappa shape index (κ2) is 3.08. The lowest BCUT2D eigenvalue weighted by Gasteiger charge is -2.09. The highest BCUT2D eigenvalue weighted by Gasteiger charge is 2.35. The van der Waals surface area contributed by atoms with Crippen LogP contribution in [0.25, 0.3) is 0 Å². The molecule has 0 spiro atoms. The summed E-state index contributed by atoms with van der Waals surface area (Å²) in [6, 6.07) is 0. The normalized spacial score (nSPS) is 11.4.